The first-order valence-electron chi connectivity index (χ1n) is 9.28. The molecule has 3 heterocycles. The van der Waals surface area contributed by atoms with E-state index in [-0.39, 0.29) is 5.82 Å². The van der Waals surface area contributed by atoms with Gasteiger partial charge in [0.2, 0.25) is 0 Å². The molecule has 0 atom stereocenters. The molecule has 0 fully saturated rings. The van der Waals surface area contributed by atoms with Gasteiger partial charge in [-0.3, -0.25) is 10.1 Å². The Hall–Kier alpha value is -3.99. The normalized spacial score (nSPS) is 10.8. The van der Waals surface area contributed by atoms with Crippen LogP contribution in [0, 0.1) is 11.3 Å². The third-order valence-corrected chi connectivity index (χ3v) is 4.78. The minimum Gasteiger partial charge on any atom is -0.381 e. The van der Waals surface area contributed by atoms with E-state index in [9.17, 15) is 5.26 Å². The van der Waals surface area contributed by atoms with E-state index in [1.807, 2.05) is 43.4 Å². The van der Waals surface area contributed by atoms with Gasteiger partial charge in [-0.25, -0.2) is 9.97 Å². The molecule has 29 heavy (non-hydrogen) atoms. The molecular weight excluding hydrogens is 364 g/mol. The lowest BCUT2D eigenvalue weighted by Crippen LogP contribution is -2.21. The highest BCUT2D eigenvalue weighted by Gasteiger charge is 2.14. The molecule has 0 radical (unpaired) electrons. The van der Waals surface area contributed by atoms with Crippen molar-refractivity contribution in [2.24, 2.45) is 0 Å². The lowest BCUT2D eigenvalue weighted by Gasteiger charge is -2.20. The largest absolute Gasteiger partial charge is 0.381 e. The van der Waals surface area contributed by atoms with Gasteiger partial charge in [-0.2, -0.15) is 10.4 Å². The number of hydrogen-bond acceptors (Lipinski definition) is 7. The number of benzene rings is 1. The van der Waals surface area contributed by atoms with Crippen molar-refractivity contribution in [3.63, 3.8) is 0 Å². The van der Waals surface area contributed by atoms with Crippen molar-refractivity contribution in [1.29, 1.82) is 5.26 Å². The van der Waals surface area contributed by atoms with E-state index in [4.69, 9.17) is 15.7 Å². The smallest absolute Gasteiger partial charge is 0.163 e. The number of para-hydroxylation sites is 1. The Bertz CT molecular complexity index is 1180. The zero-order chi connectivity index (χ0) is 20.2. The number of anilines is 2. The third kappa shape index (κ3) is 3.71. The van der Waals surface area contributed by atoms with Gasteiger partial charge in [0, 0.05) is 36.9 Å². The van der Waals surface area contributed by atoms with Gasteiger partial charge in [-0.05, 0) is 37.1 Å². The van der Waals surface area contributed by atoms with E-state index in [2.05, 4.69) is 26.2 Å². The number of rotatable bonds is 6. The number of nitrogens with two attached hydrogens (primary N) is 1. The first-order valence-corrected chi connectivity index (χ1v) is 9.28. The molecule has 0 saturated heterocycles. The summed E-state index contributed by atoms with van der Waals surface area (Å²) in [5.74, 6) is 1.78. The van der Waals surface area contributed by atoms with Crippen LogP contribution in [0.1, 0.15) is 17.7 Å². The van der Waals surface area contributed by atoms with Crippen molar-refractivity contribution >= 4 is 22.5 Å². The summed E-state index contributed by atoms with van der Waals surface area (Å²) in [7, 11) is 2.01. The molecule has 0 saturated carbocycles. The number of nitrogen functional groups attached to an aromatic ring is 1. The predicted molar refractivity (Wildman–Crippen MR) is 112 cm³/mol. The van der Waals surface area contributed by atoms with Gasteiger partial charge in [0.25, 0.3) is 0 Å². The molecule has 0 spiro atoms. The topological polar surface area (TPSA) is 120 Å². The molecule has 1 aromatic carbocycles. The summed E-state index contributed by atoms with van der Waals surface area (Å²) < 4.78 is 0. The SMILES string of the molecule is CN(CCCc1[nH]nc(N)c1C#N)c1nc(-c2ccncc2)nc2ccccc12. The second-order valence-electron chi connectivity index (χ2n) is 6.72. The summed E-state index contributed by atoms with van der Waals surface area (Å²) in [6, 6.07) is 13.9. The Morgan fingerprint density at radius 1 is 1.14 bits per heavy atom. The molecule has 8 nitrogen and oxygen atoms in total. The minimum absolute atomic E-state index is 0.250. The van der Waals surface area contributed by atoms with Crippen LogP contribution in [0.2, 0.25) is 0 Å². The summed E-state index contributed by atoms with van der Waals surface area (Å²) >= 11 is 0. The summed E-state index contributed by atoms with van der Waals surface area (Å²) in [6.45, 7) is 0.751. The van der Waals surface area contributed by atoms with Crippen LogP contribution in [0.5, 0.6) is 0 Å². The number of nitrogens with zero attached hydrogens (tertiary/aromatic N) is 6. The van der Waals surface area contributed by atoms with E-state index in [1.54, 1.807) is 12.4 Å². The van der Waals surface area contributed by atoms with Crippen LogP contribution in [0.3, 0.4) is 0 Å². The standard InChI is InChI=1S/C21H20N8/c1-29(12-4-7-18-16(13-22)19(23)28-27-18)21-15-5-2-3-6-17(15)25-20(26-21)14-8-10-24-11-9-14/h2-3,5-6,8-11H,4,7,12H2,1H3,(H3,23,27,28). The first-order chi connectivity index (χ1) is 14.2. The molecule has 8 heteroatoms. The average molecular weight is 384 g/mol. The van der Waals surface area contributed by atoms with Crippen molar-refractivity contribution in [2.75, 3.05) is 24.2 Å². The molecule has 3 N–H and O–H groups in total. The molecule has 0 bridgehead atoms. The number of nitriles is 1. The predicted octanol–water partition coefficient (Wildman–Crippen LogP) is 2.94. The van der Waals surface area contributed by atoms with E-state index < -0.39 is 0 Å². The maximum atomic E-state index is 9.21. The highest BCUT2D eigenvalue weighted by Crippen LogP contribution is 2.27. The Morgan fingerprint density at radius 2 is 1.93 bits per heavy atom. The van der Waals surface area contributed by atoms with Crippen molar-refractivity contribution < 1.29 is 0 Å². The van der Waals surface area contributed by atoms with Gasteiger partial charge in [-0.15, -0.1) is 0 Å². The number of aromatic nitrogens is 5. The van der Waals surface area contributed by atoms with E-state index >= 15 is 0 Å². The summed E-state index contributed by atoms with van der Waals surface area (Å²) in [5.41, 5.74) is 8.73. The number of hydrogen-bond donors (Lipinski definition) is 2. The maximum Gasteiger partial charge on any atom is 0.163 e. The molecule has 0 aliphatic rings. The molecule has 4 aromatic rings. The zero-order valence-electron chi connectivity index (χ0n) is 16.0. The molecule has 144 valence electrons. The molecule has 3 aromatic heterocycles. The second kappa shape index (κ2) is 7.94. The third-order valence-electron chi connectivity index (χ3n) is 4.78. The fourth-order valence-corrected chi connectivity index (χ4v) is 3.28. The number of pyridine rings is 1. The number of fused-ring (bicyclic) bond motifs is 1. The summed E-state index contributed by atoms with van der Waals surface area (Å²) in [5, 5.41) is 17.0. The highest BCUT2D eigenvalue weighted by atomic mass is 15.2. The van der Waals surface area contributed by atoms with Crippen LogP contribution in [-0.2, 0) is 6.42 Å². The van der Waals surface area contributed by atoms with Gasteiger partial charge in [-0.1, -0.05) is 12.1 Å². The van der Waals surface area contributed by atoms with Crippen LogP contribution in [0.15, 0.2) is 48.8 Å². The molecule has 0 unspecified atom stereocenters. The Labute approximate surface area is 168 Å². The van der Waals surface area contributed by atoms with Crippen LogP contribution in [0.4, 0.5) is 11.6 Å². The maximum absolute atomic E-state index is 9.21. The molecule has 0 aliphatic heterocycles. The monoisotopic (exact) mass is 384 g/mol. The van der Waals surface area contributed by atoms with Gasteiger partial charge < -0.3 is 10.6 Å². The molecule has 4 rings (SSSR count). The first kappa shape index (κ1) is 18.4. The van der Waals surface area contributed by atoms with Crippen molar-refractivity contribution in [2.45, 2.75) is 12.8 Å². The summed E-state index contributed by atoms with van der Waals surface area (Å²) in [6.07, 6.45) is 4.97. The lowest BCUT2D eigenvalue weighted by atomic mass is 10.1. The van der Waals surface area contributed by atoms with Crippen LogP contribution >= 0.6 is 0 Å². The highest BCUT2D eigenvalue weighted by molar-refractivity contribution is 5.90. The average Bonchev–Trinajstić information content (AvgIpc) is 3.12. The van der Waals surface area contributed by atoms with Crippen LogP contribution < -0.4 is 10.6 Å². The number of H-pyrrole nitrogens is 1. The Balaban J connectivity index is 1.59. The zero-order valence-corrected chi connectivity index (χ0v) is 16.0. The van der Waals surface area contributed by atoms with E-state index in [0.29, 0.717) is 17.8 Å². The van der Waals surface area contributed by atoms with E-state index in [1.165, 1.54) is 0 Å². The second-order valence-corrected chi connectivity index (χ2v) is 6.72. The van der Waals surface area contributed by atoms with Gasteiger partial charge in [0.1, 0.15) is 17.5 Å². The number of aryl methyl sites for hydroxylation is 1. The summed E-state index contributed by atoms with van der Waals surface area (Å²) in [4.78, 5) is 15.7. The van der Waals surface area contributed by atoms with Crippen LogP contribution in [0.25, 0.3) is 22.3 Å². The molecule has 0 amide bonds. The van der Waals surface area contributed by atoms with Crippen molar-refractivity contribution in [3.8, 4) is 17.5 Å². The van der Waals surface area contributed by atoms with Crippen molar-refractivity contribution in [1.82, 2.24) is 25.1 Å². The fraction of sp³-hybridized carbons (Fsp3) is 0.190. The molecule has 0 aliphatic carbocycles. The number of aromatic amines is 1. The quantitative estimate of drug-likeness (QED) is 0.524. The fourth-order valence-electron chi connectivity index (χ4n) is 3.28. The van der Waals surface area contributed by atoms with E-state index in [0.717, 1.165) is 40.9 Å². The minimum atomic E-state index is 0.250. The Morgan fingerprint density at radius 3 is 2.72 bits per heavy atom. The Kier molecular flexibility index (Phi) is 5.03. The van der Waals surface area contributed by atoms with Gasteiger partial charge in [0.05, 0.1) is 11.2 Å². The van der Waals surface area contributed by atoms with Gasteiger partial charge in [0.15, 0.2) is 11.6 Å². The number of nitrogens with one attached hydrogen (secondary N) is 1. The lowest BCUT2D eigenvalue weighted by molar-refractivity contribution is 0.761. The van der Waals surface area contributed by atoms with Gasteiger partial charge >= 0.3 is 0 Å². The molecular formula is C21H20N8. The van der Waals surface area contributed by atoms with Crippen molar-refractivity contribution in [3.05, 3.63) is 60.0 Å². The van der Waals surface area contributed by atoms with Crippen LogP contribution in [-0.4, -0.2) is 38.7 Å².